The molecule has 2 heterocycles. The van der Waals surface area contributed by atoms with Gasteiger partial charge in [-0.25, -0.2) is 0 Å². The van der Waals surface area contributed by atoms with Gasteiger partial charge in [0, 0.05) is 22.3 Å². The maximum Gasteiger partial charge on any atom is 0.296 e. The van der Waals surface area contributed by atoms with Crippen molar-refractivity contribution in [3.05, 3.63) is 82.6 Å². The van der Waals surface area contributed by atoms with Gasteiger partial charge in [-0.3, -0.25) is 15.1 Å². The van der Waals surface area contributed by atoms with Gasteiger partial charge in [0.15, 0.2) is 0 Å². The Morgan fingerprint density at radius 2 is 1.91 bits per heavy atom. The number of carbonyl (C=O) groups excluding carboxylic acids is 1. The van der Waals surface area contributed by atoms with Crippen LogP contribution in [0.15, 0.2) is 60.8 Å². The van der Waals surface area contributed by atoms with Crippen molar-refractivity contribution in [3.63, 3.8) is 0 Å². The van der Waals surface area contributed by atoms with E-state index in [0.29, 0.717) is 45.0 Å². The van der Waals surface area contributed by atoms with Crippen molar-refractivity contribution < 1.29 is 19.4 Å². The van der Waals surface area contributed by atoms with Crippen molar-refractivity contribution in [1.29, 1.82) is 0 Å². The van der Waals surface area contributed by atoms with Gasteiger partial charge in [0.2, 0.25) is 5.13 Å². The Balaban J connectivity index is 1.54. The molecule has 2 N–H and O–H groups in total. The lowest BCUT2D eigenvalue weighted by molar-refractivity contribution is 0.102. The Hall–Kier alpha value is -3.53. The van der Waals surface area contributed by atoms with Crippen LogP contribution in [0.1, 0.15) is 34.6 Å². The van der Waals surface area contributed by atoms with E-state index in [1.54, 1.807) is 38.3 Å². The summed E-state index contributed by atoms with van der Waals surface area (Å²) in [6.45, 7) is 1.91. The zero-order valence-corrected chi connectivity index (χ0v) is 19.9. The van der Waals surface area contributed by atoms with Crippen LogP contribution in [0.2, 0.25) is 5.02 Å². The van der Waals surface area contributed by atoms with Gasteiger partial charge >= 0.3 is 0 Å². The highest BCUT2D eigenvalue weighted by Crippen LogP contribution is 2.34. The van der Waals surface area contributed by atoms with E-state index in [1.165, 1.54) is 6.20 Å². The molecule has 0 fully saturated rings. The number of aliphatic hydroxyl groups is 1. The molecule has 4 rings (SSSR count). The molecule has 0 aliphatic carbocycles. The van der Waals surface area contributed by atoms with Crippen molar-refractivity contribution in [2.75, 3.05) is 12.4 Å². The number of aliphatic hydroxyl groups excluding tert-OH is 1. The Morgan fingerprint density at radius 3 is 2.65 bits per heavy atom. The third kappa shape index (κ3) is 5.51. The average Bonchev–Trinajstić information content (AvgIpc) is 3.30. The molecule has 0 spiro atoms. The van der Waals surface area contributed by atoms with Crippen molar-refractivity contribution in [2.24, 2.45) is 0 Å². The highest BCUT2D eigenvalue weighted by atomic mass is 35.5. The topological polar surface area (TPSA) is 106 Å². The maximum absolute atomic E-state index is 13.1. The molecule has 10 heteroatoms. The van der Waals surface area contributed by atoms with E-state index in [4.69, 9.17) is 21.1 Å². The number of para-hydroxylation sites is 1. The van der Waals surface area contributed by atoms with Gasteiger partial charge in [-0.1, -0.05) is 47.0 Å². The SMILES string of the molecule is COc1ccccc1-c1cc(C(C)O)ncc1C(=O)Nc1nnc(OCc2ccc(Cl)cc2)s1. The number of carbonyl (C=O) groups is 1. The smallest absolute Gasteiger partial charge is 0.296 e. The zero-order valence-electron chi connectivity index (χ0n) is 18.4. The Morgan fingerprint density at radius 1 is 1.15 bits per heavy atom. The van der Waals surface area contributed by atoms with Crippen LogP contribution in [0.3, 0.4) is 0 Å². The monoisotopic (exact) mass is 496 g/mol. The fraction of sp³-hybridized carbons (Fsp3) is 0.167. The molecule has 0 saturated heterocycles. The Kier molecular flexibility index (Phi) is 7.36. The number of amides is 1. The second-order valence-electron chi connectivity index (χ2n) is 7.27. The number of methoxy groups -OCH3 is 1. The zero-order chi connectivity index (χ0) is 24.1. The maximum atomic E-state index is 13.1. The normalized spacial score (nSPS) is 11.6. The highest BCUT2D eigenvalue weighted by Gasteiger charge is 2.20. The molecule has 2 aromatic carbocycles. The van der Waals surface area contributed by atoms with Crippen LogP contribution in [-0.2, 0) is 6.61 Å². The number of nitrogens with one attached hydrogen (secondary N) is 1. The molecular weight excluding hydrogens is 476 g/mol. The minimum absolute atomic E-state index is 0.279. The molecule has 0 aliphatic rings. The quantitative estimate of drug-likeness (QED) is 0.347. The first kappa shape index (κ1) is 23.6. The first-order valence-electron chi connectivity index (χ1n) is 10.3. The molecule has 174 valence electrons. The fourth-order valence-electron chi connectivity index (χ4n) is 3.18. The van der Waals surface area contributed by atoms with Gasteiger partial charge in [-0.15, -0.1) is 5.10 Å². The lowest BCUT2D eigenvalue weighted by Crippen LogP contribution is -2.14. The molecule has 0 aliphatic heterocycles. The summed E-state index contributed by atoms with van der Waals surface area (Å²) in [7, 11) is 1.56. The van der Waals surface area contributed by atoms with Gasteiger partial charge in [-0.05, 0) is 48.1 Å². The van der Waals surface area contributed by atoms with Crippen molar-refractivity contribution in [1.82, 2.24) is 15.2 Å². The number of pyridine rings is 1. The second-order valence-corrected chi connectivity index (χ2v) is 8.65. The number of nitrogens with zero attached hydrogens (tertiary/aromatic N) is 3. The number of benzene rings is 2. The van der Waals surface area contributed by atoms with Crippen LogP contribution in [-0.4, -0.2) is 33.3 Å². The van der Waals surface area contributed by atoms with Crippen LogP contribution in [0, 0.1) is 0 Å². The summed E-state index contributed by atoms with van der Waals surface area (Å²) in [6.07, 6.45) is 0.632. The molecule has 8 nitrogen and oxygen atoms in total. The predicted octanol–water partition coefficient (Wildman–Crippen LogP) is 5.15. The van der Waals surface area contributed by atoms with Gasteiger partial charge < -0.3 is 14.6 Å². The lowest BCUT2D eigenvalue weighted by atomic mass is 9.98. The number of hydrogen-bond donors (Lipinski definition) is 2. The number of ether oxygens (including phenoxy) is 2. The third-order valence-electron chi connectivity index (χ3n) is 4.90. The molecule has 0 bridgehead atoms. The summed E-state index contributed by atoms with van der Waals surface area (Å²) in [5.74, 6) is 0.166. The van der Waals surface area contributed by atoms with Gasteiger partial charge in [0.05, 0.1) is 24.5 Å². The number of hydrogen-bond acceptors (Lipinski definition) is 8. The molecule has 2 aromatic heterocycles. The first-order chi connectivity index (χ1) is 16.4. The Labute approximate surface area is 205 Å². The van der Waals surface area contributed by atoms with Crippen LogP contribution in [0.4, 0.5) is 5.13 Å². The molecular formula is C24H21ClN4O4S. The van der Waals surface area contributed by atoms with Crippen molar-refractivity contribution >= 4 is 34.0 Å². The van der Waals surface area contributed by atoms with Gasteiger partial charge in [0.25, 0.3) is 11.1 Å². The van der Waals surface area contributed by atoms with Crippen molar-refractivity contribution in [3.8, 4) is 22.1 Å². The molecule has 1 unspecified atom stereocenters. The van der Waals surface area contributed by atoms with Crippen molar-refractivity contribution in [2.45, 2.75) is 19.6 Å². The van der Waals surface area contributed by atoms with Crippen LogP contribution < -0.4 is 14.8 Å². The van der Waals surface area contributed by atoms with E-state index in [0.717, 1.165) is 16.9 Å². The van der Waals surface area contributed by atoms with E-state index < -0.39 is 12.0 Å². The van der Waals surface area contributed by atoms with Crippen LogP contribution >= 0.6 is 22.9 Å². The second kappa shape index (κ2) is 10.6. The molecule has 4 aromatic rings. The summed E-state index contributed by atoms with van der Waals surface area (Å²) < 4.78 is 11.1. The Bertz CT molecular complexity index is 1290. The summed E-state index contributed by atoms with van der Waals surface area (Å²) >= 11 is 7.01. The highest BCUT2D eigenvalue weighted by molar-refractivity contribution is 7.17. The fourth-order valence-corrected chi connectivity index (χ4v) is 3.90. The summed E-state index contributed by atoms with van der Waals surface area (Å²) in [6, 6.07) is 16.3. The molecule has 1 amide bonds. The molecule has 0 saturated carbocycles. The summed E-state index contributed by atoms with van der Waals surface area (Å²) in [4.78, 5) is 17.4. The van der Waals surface area contributed by atoms with Gasteiger partial charge in [0.1, 0.15) is 12.4 Å². The minimum Gasteiger partial charge on any atom is -0.496 e. The number of aromatic nitrogens is 3. The third-order valence-corrected chi connectivity index (χ3v) is 5.90. The molecule has 34 heavy (non-hydrogen) atoms. The first-order valence-corrected chi connectivity index (χ1v) is 11.5. The molecule has 0 radical (unpaired) electrons. The lowest BCUT2D eigenvalue weighted by Gasteiger charge is -2.14. The van der Waals surface area contributed by atoms with Crippen LogP contribution in [0.25, 0.3) is 11.1 Å². The molecule has 1 atom stereocenters. The standard InChI is InChI=1S/C24H21ClN4O4S/c1-14(30)20-11-18(17-5-3-4-6-21(17)32-2)19(12-26-20)22(31)27-23-28-29-24(34-23)33-13-15-7-9-16(25)10-8-15/h3-12,14,30H,13H2,1-2H3,(H,27,28,31). The van der Waals surface area contributed by atoms with E-state index in [9.17, 15) is 9.90 Å². The van der Waals surface area contributed by atoms with E-state index in [-0.39, 0.29) is 5.13 Å². The summed E-state index contributed by atoms with van der Waals surface area (Å²) in [5, 5.41) is 22.0. The summed E-state index contributed by atoms with van der Waals surface area (Å²) in [5.41, 5.74) is 2.93. The number of anilines is 1. The number of halogens is 1. The van der Waals surface area contributed by atoms with E-state index >= 15 is 0 Å². The van der Waals surface area contributed by atoms with Crippen LogP contribution in [0.5, 0.6) is 10.9 Å². The predicted molar refractivity (Wildman–Crippen MR) is 131 cm³/mol. The largest absolute Gasteiger partial charge is 0.496 e. The minimum atomic E-state index is -0.797. The van der Waals surface area contributed by atoms with E-state index in [1.807, 2.05) is 30.3 Å². The van der Waals surface area contributed by atoms with Gasteiger partial charge in [-0.2, -0.15) is 0 Å². The average molecular weight is 497 g/mol. The number of rotatable bonds is 8. The van der Waals surface area contributed by atoms with E-state index in [2.05, 4.69) is 20.5 Å².